The SMILES string of the molecule is Cc1ccc(F)cc1-c1nc2c(S(C)(=O)=O)cccc2[nH]1. The average molecular weight is 304 g/mol. The molecule has 1 N–H and O–H groups in total. The molecule has 108 valence electrons. The van der Waals surface area contributed by atoms with Crippen molar-refractivity contribution in [1.29, 1.82) is 0 Å². The highest BCUT2D eigenvalue weighted by molar-refractivity contribution is 7.91. The van der Waals surface area contributed by atoms with Gasteiger partial charge in [0.15, 0.2) is 9.84 Å². The molecular weight excluding hydrogens is 291 g/mol. The number of nitrogens with zero attached hydrogens (tertiary/aromatic N) is 1. The number of rotatable bonds is 2. The summed E-state index contributed by atoms with van der Waals surface area (Å²) in [6, 6.07) is 9.33. The molecule has 0 fully saturated rings. The number of sulfone groups is 1. The van der Waals surface area contributed by atoms with Gasteiger partial charge < -0.3 is 4.98 Å². The molecule has 0 radical (unpaired) electrons. The van der Waals surface area contributed by atoms with Crippen LogP contribution in [0.5, 0.6) is 0 Å². The molecule has 4 nitrogen and oxygen atoms in total. The predicted molar refractivity (Wildman–Crippen MR) is 79.3 cm³/mol. The third-order valence-corrected chi connectivity index (χ3v) is 4.46. The number of aromatic nitrogens is 2. The fourth-order valence-corrected chi connectivity index (χ4v) is 3.11. The smallest absolute Gasteiger partial charge is 0.177 e. The van der Waals surface area contributed by atoms with Crippen LogP contribution < -0.4 is 0 Å². The molecule has 6 heteroatoms. The van der Waals surface area contributed by atoms with Crippen LogP contribution in [0, 0.1) is 12.7 Å². The first-order valence-corrected chi connectivity index (χ1v) is 8.21. The van der Waals surface area contributed by atoms with Crippen molar-refractivity contribution < 1.29 is 12.8 Å². The Kier molecular flexibility index (Phi) is 3.06. The lowest BCUT2D eigenvalue weighted by Gasteiger charge is -2.01. The number of hydrogen-bond acceptors (Lipinski definition) is 3. The minimum absolute atomic E-state index is 0.163. The normalized spacial score (nSPS) is 12.0. The second-order valence-electron chi connectivity index (χ2n) is 4.97. The molecule has 0 spiro atoms. The number of nitrogens with one attached hydrogen (secondary N) is 1. The number of imidazole rings is 1. The molecule has 0 unspecified atom stereocenters. The number of H-pyrrole nitrogens is 1. The van der Waals surface area contributed by atoms with Gasteiger partial charge >= 0.3 is 0 Å². The highest BCUT2D eigenvalue weighted by Crippen LogP contribution is 2.27. The van der Waals surface area contributed by atoms with Crippen molar-refractivity contribution in [3.8, 4) is 11.4 Å². The first-order valence-electron chi connectivity index (χ1n) is 6.31. The zero-order valence-corrected chi connectivity index (χ0v) is 12.3. The first-order chi connectivity index (χ1) is 9.86. The standard InChI is InChI=1S/C15H13FN2O2S/c1-9-6-7-10(16)8-11(9)15-17-12-4-3-5-13(14(12)18-15)21(2,19)20/h3-8H,1-2H3,(H,17,18). The Hall–Kier alpha value is -2.21. The summed E-state index contributed by atoms with van der Waals surface area (Å²) in [5.41, 5.74) is 2.46. The summed E-state index contributed by atoms with van der Waals surface area (Å²) in [6.45, 7) is 1.85. The van der Waals surface area contributed by atoms with Crippen molar-refractivity contribution in [2.45, 2.75) is 11.8 Å². The topological polar surface area (TPSA) is 62.8 Å². The zero-order valence-electron chi connectivity index (χ0n) is 11.5. The van der Waals surface area contributed by atoms with Crippen LogP contribution in [-0.2, 0) is 9.84 Å². The highest BCUT2D eigenvalue weighted by Gasteiger charge is 2.16. The van der Waals surface area contributed by atoms with E-state index in [-0.39, 0.29) is 10.7 Å². The molecule has 2 aromatic carbocycles. The van der Waals surface area contributed by atoms with Crippen LogP contribution >= 0.6 is 0 Å². The molecular formula is C15H13FN2O2S. The third kappa shape index (κ3) is 2.42. The van der Waals surface area contributed by atoms with Crippen LogP contribution in [-0.4, -0.2) is 24.6 Å². The van der Waals surface area contributed by atoms with Gasteiger partial charge in [-0.1, -0.05) is 12.1 Å². The van der Waals surface area contributed by atoms with E-state index in [4.69, 9.17) is 0 Å². The van der Waals surface area contributed by atoms with Crippen LogP contribution in [0.15, 0.2) is 41.3 Å². The molecule has 3 aromatic rings. The van der Waals surface area contributed by atoms with Gasteiger partial charge in [0.25, 0.3) is 0 Å². The lowest BCUT2D eigenvalue weighted by molar-refractivity contribution is 0.602. The van der Waals surface area contributed by atoms with Crippen LogP contribution in [0.3, 0.4) is 0 Å². The molecule has 0 bridgehead atoms. The molecule has 1 aromatic heterocycles. The minimum Gasteiger partial charge on any atom is -0.338 e. The lowest BCUT2D eigenvalue weighted by Crippen LogP contribution is -1.97. The van der Waals surface area contributed by atoms with E-state index in [2.05, 4.69) is 9.97 Å². The maximum absolute atomic E-state index is 13.4. The van der Waals surface area contributed by atoms with E-state index in [9.17, 15) is 12.8 Å². The van der Waals surface area contributed by atoms with Gasteiger partial charge in [-0.25, -0.2) is 17.8 Å². The maximum atomic E-state index is 13.4. The van der Waals surface area contributed by atoms with Gasteiger partial charge in [-0.05, 0) is 36.8 Å². The number of aryl methyl sites for hydroxylation is 1. The van der Waals surface area contributed by atoms with Gasteiger partial charge in [0.1, 0.15) is 17.2 Å². The molecule has 0 saturated carbocycles. The quantitative estimate of drug-likeness (QED) is 0.791. The van der Waals surface area contributed by atoms with Crippen molar-refractivity contribution in [1.82, 2.24) is 9.97 Å². The van der Waals surface area contributed by atoms with Crippen molar-refractivity contribution >= 4 is 20.9 Å². The van der Waals surface area contributed by atoms with Crippen LogP contribution in [0.4, 0.5) is 4.39 Å². The van der Waals surface area contributed by atoms with Crippen LogP contribution in [0.2, 0.25) is 0 Å². The number of aromatic amines is 1. The second kappa shape index (κ2) is 4.66. The summed E-state index contributed by atoms with van der Waals surface area (Å²) in [7, 11) is -3.37. The van der Waals surface area contributed by atoms with E-state index >= 15 is 0 Å². The summed E-state index contributed by atoms with van der Waals surface area (Å²) in [5, 5.41) is 0. The molecule has 0 atom stereocenters. The Morgan fingerprint density at radius 3 is 2.67 bits per heavy atom. The first kappa shape index (κ1) is 13.8. The molecule has 0 aliphatic carbocycles. The third-order valence-electron chi connectivity index (χ3n) is 3.33. The molecule has 0 amide bonds. The van der Waals surface area contributed by atoms with Gasteiger partial charge in [0, 0.05) is 11.8 Å². The Bertz CT molecular complexity index is 945. The summed E-state index contributed by atoms with van der Waals surface area (Å²) in [6.07, 6.45) is 1.14. The molecule has 0 aliphatic rings. The second-order valence-corrected chi connectivity index (χ2v) is 6.95. The Balaban J connectivity index is 2.30. The van der Waals surface area contributed by atoms with Crippen molar-refractivity contribution in [2.75, 3.05) is 6.26 Å². The zero-order chi connectivity index (χ0) is 15.2. The van der Waals surface area contributed by atoms with Gasteiger partial charge in [-0.2, -0.15) is 0 Å². The van der Waals surface area contributed by atoms with E-state index < -0.39 is 9.84 Å². The maximum Gasteiger partial charge on any atom is 0.177 e. The Labute approximate surface area is 121 Å². The molecule has 21 heavy (non-hydrogen) atoms. The monoisotopic (exact) mass is 304 g/mol. The summed E-state index contributed by atoms with van der Waals surface area (Å²) < 4.78 is 37.0. The molecule has 1 heterocycles. The summed E-state index contributed by atoms with van der Waals surface area (Å²) in [4.78, 5) is 7.56. The van der Waals surface area contributed by atoms with E-state index in [0.717, 1.165) is 11.8 Å². The Morgan fingerprint density at radius 1 is 1.19 bits per heavy atom. The number of benzene rings is 2. The van der Waals surface area contributed by atoms with E-state index in [1.54, 1.807) is 18.2 Å². The number of fused-ring (bicyclic) bond motifs is 1. The average Bonchev–Trinajstić information content (AvgIpc) is 2.83. The molecule has 0 aliphatic heterocycles. The van der Waals surface area contributed by atoms with Gasteiger partial charge in [-0.3, -0.25) is 0 Å². The molecule has 0 saturated heterocycles. The van der Waals surface area contributed by atoms with E-state index in [0.29, 0.717) is 22.4 Å². The predicted octanol–water partition coefficient (Wildman–Crippen LogP) is 3.08. The summed E-state index contributed by atoms with van der Waals surface area (Å²) in [5.74, 6) is 0.0949. The number of para-hydroxylation sites is 1. The van der Waals surface area contributed by atoms with Gasteiger partial charge in [0.2, 0.25) is 0 Å². The number of hydrogen-bond donors (Lipinski definition) is 1. The Morgan fingerprint density at radius 2 is 1.95 bits per heavy atom. The van der Waals surface area contributed by atoms with E-state index in [1.807, 2.05) is 6.92 Å². The van der Waals surface area contributed by atoms with Gasteiger partial charge in [0.05, 0.1) is 10.4 Å². The molecule has 3 rings (SSSR count). The highest BCUT2D eigenvalue weighted by atomic mass is 32.2. The van der Waals surface area contributed by atoms with Crippen molar-refractivity contribution in [3.05, 3.63) is 47.8 Å². The fraction of sp³-hybridized carbons (Fsp3) is 0.133. The van der Waals surface area contributed by atoms with Crippen molar-refractivity contribution in [3.63, 3.8) is 0 Å². The van der Waals surface area contributed by atoms with Crippen molar-refractivity contribution in [2.24, 2.45) is 0 Å². The minimum atomic E-state index is -3.37. The fourth-order valence-electron chi connectivity index (χ4n) is 2.28. The van der Waals surface area contributed by atoms with E-state index in [1.165, 1.54) is 18.2 Å². The number of halogens is 1. The lowest BCUT2D eigenvalue weighted by atomic mass is 10.1. The van der Waals surface area contributed by atoms with Crippen LogP contribution in [0.1, 0.15) is 5.56 Å². The van der Waals surface area contributed by atoms with Crippen LogP contribution in [0.25, 0.3) is 22.4 Å². The largest absolute Gasteiger partial charge is 0.338 e. The summed E-state index contributed by atoms with van der Waals surface area (Å²) >= 11 is 0. The van der Waals surface area contributed by atoms with Gasteiger partial charge in [-0.15, -0.1) is 0 Å².